The first-order valence-electron chi connectivity index (χ1n) is 6.69. The van der Waals surface area contributed by atoms with Crippen molar-refractivity contribution in [1.82, 2.24) is 5.32 Å². The monoisotopic (exact) mass is 229 g/mol. The summed E-state index contributed by atoms with van der Waals surface area (Å²) < 4.78 is 0. The smallest absolute Gasteiger partial charge is 0.0186 e. The molecule has 0 saturated heterocycles. The summed E-state index contributed by atoms with van der Waals surface area (Å²) in [5.41, 5.74) is 0. The molecule has 0 radical (unpaired) electrons. The number of hydrogen-bond acceptors (Lipinski definition) is 2. The van der Waals surface area contributed by atoms with Gasteiger partial charge in [-0.2, -0.15) is 11.8 Å². The van der Waals surface area contributed by atoms with Crippen LogP contribution in [-0.4, -0.2) is 24.1 Å². The Morgan fingerprint density at radius 1 is 1.27 bits per heavy atom. The number of rotatable bonds is 8. The molecule has 0 heterocycles. The van der Waals surface area contributed by atoms with Crippen LogP contribution in [0.2, 0.25) is 0 Å². The fourth-order valence-corrected chi connectivity index (χ4v) is 3.74. The van der Waals surface area contributed by atoms with E-state index in [1.54, 1.807) is 0 Å². The second-order valence-corrected chi connectivity index (χ2v) is 5.79. The van der Waals surface area contributed by atoms with Crippen LogP contribution in [0.4, 0.5) is 0 Å². The van der Waals surface area contributed by atoms with E-state index in [0.29, 0.717) is 0 Å². The van der Waals surface area contributed by atoms with E-state index in [4.69, 9.17) is 0 Å². The molecule has 0 aromatic carbocycles. The third-order valence-corrected chi connectivity index (χ3v) is 4.55. The Morgan fingerprint density at radius 3 is 2.60 bits per heavy atom. The zero-order chi connectivity index (χ0) is 10.9. The highest BCUT2D eigenvalue weighted by Gasteiger charge is 2.23. The molecule has 2 heteroatoms. The second kappa shape index (κ2) is 8.46. The highest BCUT2D eigenvalue weighted by atomic mass is 32.2. The minimum atomic E-state index is 0.791. The van der Waals surface area contributed by atoms with E-state index in [0.717, 1.165) is 18.5 Å². The summed E-state index contributed by atoms with van der Waals surface area (Å²) in [5.74, 6) is 3.66. The van der Waals surface area contributed by atoms with Crippen LogP contribution < -0.4 is 5.32 Å². The summed E-state index contributed by atoms with van der Waals surface area (Å²) in [5, 5.41) is 3.68. The second-order valence-electron chi connectivity index (χ2n) is 4.64. The van der Waals surface area contributed by atoms with Crippen molar-refractivity contribution in [2.75, 3.05) is 18.1 Å². The predicted molar refractivity (Wildman–Crippen MR) is 71.7 cm³/mol. The van der Waals surface area contributed by atoms with E-state index in [-0.39, 0.29) is 0 Å². The van der Waals surface area contributed by atoms with Gasteiger partial charge >= 0.3 is 0 Å². The van der Waals surface area contributed by atoms with Crippen molar-refractivity contribution in [1.29, 1.82) is 0 Å². The summed E-state index contributed by atoms with van der Waals surface area (Å²) in [6.45, 7) is 5.65. The first-order valence-corrected chi connectivity index (χ1v) is 7.85. The molecule has 1 saturated carbocycles. The van der Waals surface area contributed by atoms with Crippen molar-refractivity contribution >= 4 is 11.8 Å². The fourth-order valence-electron chi connectivity index (χ4n) is 2.44. The molecule has 1 aliphatic rings. The van der Waals surface area contributed by atoms with Crippen LogP contribution in [0.3, 0.4) is 0 Å². The van der Waals surface area contributed by atoms with Gasteiger partial charge in [-0.05, 0) is 37.5 Å². The predicted octanol–water partition coefficient (Wildman–Crippen LogP) is 3.69. The van der Waals surface area contributed by atoms with E-state index >= 15 is 0 Å². The van der Waals surface area contributed by atoms with Crippen molar-refractivity contribution < 1.29 is 0 Å². The van der Waals surface area contributed by atoms with Gasteiger partial charge in [-0.25, -0.2) is 0 Å². The van der Waals surface area contributed by atoms with Gasteiger partial charge in [0.2, 0.25) is 0 Å². The maximum Gasteiger partial charge on any atom is 0.0186 e. The molecule has 1 rings (SSSR count). The lowest BCUT2D eigenvalue weighted by Gasteiger charge is -2.23. The van der Waals surface area contributed by atoms with Crippen LogP contribution >= 0.6 is 11.8 Å². The van der Waals surface area contributed by atoms with Crippen LogP contribution in [-0.2, 0) is 0 Å². The molecular weight excluding hydrogens is 202 g/mol. The molecule has 0 aromatic rings. The number of hydrogen-bond donors (Lipinski definition) is 1. The lowest BCUT2D eigenvalue weighted by atomic mass is 10.00. The van der Waals surface area contributed by atoms with Crippen LogP contribution in [0.1, 0.15) is 52.4 Å². The third kappa shape index (κ3) is 5.26. The molecule has 0 aliphatic heterocycles. The van der Waals surface area contributed by atoms with Crippen LogP contribution in [0.15, 0.2) is 0 Å². The molecule has 0 aromatic heterocycles. The Hall–Kier alpha value is 0.310. The van der Waals surface area contributed by atoms with Gasteiger partial charge in [0.25, 0.3) is 0 Å². The van der Waals surface area contributed by atoms with Crippen molar-refractivity contribution in [3.05, 3.63) is 0 Å². The summed E-state index contributed by atoms with van der Waals surface area (Å²) in [6, 6.07) is 0.791. The summed E-state index contributed by atoms with van der Waals surface area (Å²) >= 11 is 2.15. The van der Waals surface area contributed by atoms with Crippen molar-refractivity contribution in [2.45, 2.75) is 58.4 Å². The van der Waals surface area contributed by atoms with Gasteiger partial charge in [-0.1, -0.05) is 33.1 Å². The number of thioether (sulfide) groups is 1. The van der Waals surface area contributed by atoms with E-state index in [9.17, 15) is 0 Å². The van der Waals surface area contributed by atoms with Crippen molar-refractivity contribution in [3.8, 4) is 0 Å². The molecule has 1 N–H and O–H groups in total. The van der Waals surface area contributed by atoms with Gasteiger partial charge in [-0.15, -0.1) is 0 Å². The maximum absolute atomic E-state index is 3.68. The minimum Gasteiger partial charge on any atom is -0.313 e. The zero-order valence-corrected chi connectivity index (χ0v) is 11.2. The lowest BCUT2D eigenvalue weighted by molar-refractivity contribution is 0.394. The van der Waals surface area contributed by atoms with Gasteiger partial charge in [0.1, 0.15) is 0 Å². The average Bonchev–Trinajstić information content (AvgIpc) is 2.76. The molecule has 1 atom stereocenters. The number of nitrogens with one attached hydrogen (secondary N) is 1. The average molecular weight is 229 g/mol. The quantitative estimate of drug-likeness (QED) is 0.637. The molecular formula is C13H27NS. The topological polar surface area (TPSA) is 12.0 Å². The van der Waals surface area contributed by atoms with Gasteiger partial charge in [0.15, 0.2) is 0 Å². The summed E-state index contributed by atoms with van der Waals surface area (Å²) in [6.07, 6.45) is 8.58. The van der Waals surface area contributed by atoms with Gasteiger partial charge in [0.05, 0.1) is 0 Å². The molecule has 90 valence electrons. The summed E-state index contributed by atoms with van der Waals surface area (Å²) in [4.78, 5) is 0. The van der Waals surface area contributed by atoms with Gasteiger partial charge < -0.3 is 5.32 Å². The van der Waals surface area contributed by atoms with Crippen molar-refractivity contribution in [3.63, 3.8) is 0 Å². The van der Waals surface area contributed by atoms with Crippen LogP contribution in [0, 0.1) is 5.92 Å². The minimum absolute atomic E-state index is 0.791. The Morgan fingerprint density at radius 2 is 2.00 bits per heavy atom. The van der Waals surface area contributed by atoms with E-state index < -0.39 is 0 Å². The van der Waals surface area contributed by atoms with E-state index in [1.165, 1.54) is 50.0 Å². The number of unbranched alkanes of at least 4 members (excludes halogenated alkanes) is 1. The Balaban J connectivity index is 2.17. The molecule has 0 spiro atoms. The van der Waals surface area contributed by atoms with E-state index in [2.05, 4.69) is 30.9 Å². The Labute approximate surface area is 99.8 Å². The first-order chi connectivity index (χ1) is 7.38. The molecule has 0 bridgehead atoms. The molecule has 0 amide bonds. The highest BCUT2D eigenvalue weighted by Crippen LogP contribution is 2.29. The van der Waals surface area contributed by atoms with Gasteiger partial charge in [0, 0.05) is 11.8 Å². The van der Waals surface area contributed by atoms with Crippen LogP contribution in [0.25, 0.3) is 0 Å². The van der Waals surface area contributed by atoms with Crippen molar-refractivity contribution in [2.24, 2.45) is 5.92 Å². The normalized spacial score (nSPS) is 19.6. The molecule has 15 heavy (non-hydrogen) atoms. The fraction of sp³-hybridized carbons (Fsp3) is 1.00. The van der Waals surface area contributed by atoms with E-state index in [1.807, 2.05) is 0 Å². The molecule has 1 unspecified atom stereocenters. The summed E-state index contributed by atoms with van der Waals surface area (Å²) in [7, 11) is 0. The standard InChI is InChI=1S/C13H27NS/c1-3-5-10-15-11-13(14-4-2)12-8-6-7-9-12/h12-14H,3-11H2,1-2H3. The third-order valence-electron chi connectivity index (χ3n) is 3.37. The van der Waals surface area contributed by atoms with Crippen LogP contribution in [0.5, 0.6) is 0 Å². The highest BCUT2D eigenvalue weighted by molar-refractivity contribution is 7.99. The SMILES string of the molecule is CCCCSCC(NCC)C1CCCC1. The molecule has 1 nitrogen and oxygen atoms in total. The Bertz CT molecular complexity index is 143. The Kier molecular flexibility index (Phi) is 7.54. The zero-order valence-electron chi connectivity index (χ0n) is 10.4. The van der Waals surface area contributed by atoms with Gasteiger partial charge in [-0.3, -0.25) is 0 Å². The lowest BCUT2D eigenvalue weighted by Crippen LogP contribution is -2.37. The largest absolute Gasteiger partial charge is 0.313 e. The molecule has 1 fully saturated rings. The maximum atomic E-state index is 3.68. The molecule has 1 aliphatic carbocycles. The first kappa shape index (κ1) is 13.4.